The van der Waals surface area contributed by atoms with E-state index < -0.39 is 0 Å². The number of ether oxygens (including phenoxy) is 2. The highest BCUT2D eigenvalue weighted by Crippen LogP contribution is 2.29. The predicted octanol–water partition coefficient (Wildman–Crippen LogP) is 3.72. The third-order valence-corrected chi connectivity index (χ3v) is 2.54. The Morgan fingerprint density at radius 3 is 1.45 bits per heavy atom. The van der Waals surface area contributed by atoms with Crippen molar-refractivity contribution in [3.05, 3.63) is 23.3 Å². The number of terminal acetylenes is 2. The van der Waals surface area contributed by atoms with E-state index in [1.807, 2.05) is 0 Å². The molecule has 0 N–H and O–H groups in total. The predicted molar refractivity (Wildman–Crippen MR) is 83.0 cm³/mol. The van der Waals surface area contributed by atoms with Crippen LogP contribution in [-0.4, -0.2) is 13.2 Å². The SMILES string of the molecule is C#Cc1cc(OCC(C)C)c(C#C)cc1OCC(C)C. The van der Waals surface area contributed by atoms with Crippen LogP contribution in [0.15, 0.2) is 12.1 Å². The molecular formula is C18H22O2. The highest BCUT2D eigenvalue weighted by atomic mass is 16.5. The minimum atomic E-state index is 0.423. The zero-order chi connectivity index (χ0) is 15.1. The van der Waals surface area contributed by atoms with Crippen LogP contribution in [0.2, 0.25) is 0 Å². The van der Waals surface area contributed by atoms with Crippen molar-refractivity contribution < 1.29 is 9.47 Å². The molecule has 0 aliphatic heterocycles. The molecule has 0 atom stereocenters. The largest absolute Gasteiger partial charge is 0.492 e. The van der Waals surface area contributed by atoms with Gasteiger partial charge in [-0.2, -0.15) is 0 Å². The van der Waals surface area contributed by atoms with Crippen LogP contribution in [-0.2, 0) is 0 Å². The van der Waals surface area contributed by atoms with Crippen LogP contribution in [0.1, 0.15) is 38.8 Å². The molecule has 0 saturated heterocycles. The number of rotatable bonds is 6. The fourth-order valence-corrected chi connectivity index (χ4v) is 1.54. The van der Waals surface area contributed by atoms with Gasteiger partial charge >= 0.3 is 0 Å². The van der Waals surface area contributed by atoms with E-state index in [2.05, 4.69) is 39.5 Å². The minimum absolute atomic E-state index is 0.423. The molecule has 0 fully saturated rings. The van der Waals surface area contributed by atoms with Crippen molar-refractivity contribution in [3.8, 4) is 36.2 Å². The van der Waals surface area contributed by atoms with Gasteiger partial charge in [0.05, 0.1) is 24.3 Å². The standard InChI is InChI=1S/C18H22O2/c1-7-15-9-18(20-12-14(5)6)16(8-2)10-17(15)19-11-13(3)4/h1-2,9-10,13-14H,11-12H2,3-6H3. The van der Waals surface area contributed by atoms with Crippen LogP contribution in [0.3, 0.4) is 0 Å². The van der Waals surface area contributed by atoms with Gasteiger partial charge in [0.15, 0.2) is 0 Å². The summed E-state index contributed by atoms with van der Waals surface area (Å²) in [5.41, 5.74) is 1.34. The Morgan fingerprint density at radius 2 is 1.20 bits per heavy atom. The van der Waals surface area contributed by atoms with Gasteiger partial charge < -0.3 is 9.47 Å². The molecule has 20 heavy (non-hydrogen) atoms. The summed E-state index contributed by atoms with van der Waals surface area (Å²) >= 11 is 0. The van der Waals surface area contributed by atoms with Crippen molar-refractivity contribution in [1.29, 1.82) is 0 Å². The van der Waals surface area contributed by atoms with Crippen LogP contribution in [0.4, 0.5) is 0 Å². The first-order chi connectivity index (χ1) is 9.47. The van der Waals surface area contributed by atoms with Crippen molar-refractivity contribution in [2.75, 3.05) is 13.2 Å². The second kappa shape index (κ2) is 7.51. The topological polar surface area (TPSA) is 18.5 Å². The summed E-state index contributed by atoms with van der Waals surface area (Å²) in [7, 11) is 0. The normalized spacial score (nSPS) is 10.2. The van der Waals surface area contributed by atoms with E-state index in [0.717, 1.165) is 0 Å². The van der Waals surface area contributed by atoms with E-state index in [-0.39, 0.29) is 0 Å². The Kier molecular flexibility index (Phi) is 6.01. The third kappa shape index (κ3) is 4.56. The van der Waals surface area contributed by atoms with Gasteiger partial charge in [-0.05, 0) is 11.8 Å². The zero-order valence-electron chi connectivity index (χ0n) is 12.7. The third-order valence-electron chi connectivity index (χ3n) is 2.54. The van der Waals surface area contributed by atoms with Gasteiger partial charge in [0.1, 0.15) is 11.5 Å². The monoisotopic (exact) mass is 270 g/mol. The molecule has 0 aliphatic rings. The molecule has 0 unspecified atom stereocenters. The molecular weight excluding hydrogens is 248 g/mol. The van der Waals surface area contributed by atoms with E-state index in [1.54, 1.807) is 12.1 Å². The first-order valence-electron chi connectivity index (χ1n) is 6.84. The zero-order valence-corrected chi connectivity index (χ0v) is 12.7. The second-order valence-corrected chi connectivity index (χ2v) is 5.54. The lowest BCUT2D eigenvalue weighted by molar-refractivity contribution is 0.263. The molecule has 2 nitrogen and oxygen atoms in total. The molecule has 106 valence electrons. The summed E-state index contributed by atoms with van der Waals surface area (Å²) in [4.78, 5) is 0. The molecule has 0 aromatic heterocycles. The molecule has 2 heteroatoms. The summed E-state index contributed by atoms with van der Waals surface area (Å²) in [5, 5.41) is 0. The lowest BCUT2D eigenvalue weighted by Gasteiger charge is -2.15. The van der Waals surface area contributed by atoms with Gasteiger partial charge in [-0.1, -0.05) is 39.5 Å². The molecule has 0 amide bonds. The molecule has 0 bridgehead atoms. The Labute approximate surface area is 122 Å². The van der Waals surface area contributed by atoms with Crippen LogP contribution >= 0.6 is 0 Å². The summed E-state index contributed by atoms with van der Waals surface area (Å²) in [6.07, 6.45) is 11.1. The minimum Gasteiger partial charge on any atom is -0.492 e. The molecule has 0 radical (unpaired) electrons. The Morgan fingerprint density at radius 1 is 0.850 bits per heavy atom. The second-order valence-electron chi connectivity index (χ2n) is 5.54. The van der Waals surface area contributed by atoms with E-state index in [0.29, 0.717) is 47.7 Å². The highest BCUT2D eigenvalue weighted by molar-refractivity contribution is 5.57. The van der Waals surface area contributed by atoms with Gasteiger partial charge in [0, 0.05) is 12.1 Å². The maximum absolute atomic E-state index is 5.72. The van der Waals surface area contributed by atoms with Crippen molar-refractivity contribution in [2.24, 2.45) is 11.8 Å². The number of benzene rings is 1. The lowest BCUT2D eigenvalue weighted by atomic mass is 10.1. The first kappa shape index (κ1) is 16.0. The summed E-state index contributed by atoms with van der Waals surface area (Å²) in [5.74, 6) is 7.38. The van der Waals surface area contributed by atoms with Crippen molar-refractivity contribution in [2.45, 2.75) is 27.7 Å². The lowest BCUT2D eigenvalue weighted by Crippen LogP contribution is -2.08. The van der Waals surface area contributed by atoms with Gasteiger partial charge in [0.2, 0.25) is 0 Å². The van der Waals surface area contributed by atoms with E-state index in [9.17, 15) is 0 Å². The van der Waals surface area contributed by atoms with Crippen LogP contribution in [0, 0.1) is 36.5 Å². The maximum Gasteiger partial charge on any atom is 0.136 e. The Balaban J connectivity index is 3.05. The molecule has 0 heterocycles. The first-order valence-corrected chi connectivity index (χ1v) is 6.84. The molecule has 0 spiro atoms. The fourth-order valence-electron chi connectivity index (χ4n) is 1.54. The van der Waals surface area contributed by atoms with Gasteiger partial charge in [0.25, 0.3) is 0 Å². The quantitative estimate of drug-likeness (QED) is 0.733. The smallest absolute Gasteiger partial charge is 0.136 e. The fraction of sp³-hybridized carbons (Fsp3) is 0.444. The Hall–Kier alpha value is -2.06. The average Bonchev–Trinajstić information content (AvgIpc) is 2.42. The average molecular weight is 270 g/mol. The summed E-state index contributed by atoms with van der Waals surface area (Å²) < 4.78 is 11.4. The van der Waals surface area contributed by atoms with Crippen LogP contribution in [0.25, 0.3) is 0 Å². The van der Waals surface area contributed by atoms with E-state index >= 15 is 0 Å². The van der Waals surface area contributed by atoms with E-state index in [1.165, 1.54) is 0 Å². The van der Waals surface area contributed by atoms with Crippen molar-refractivity contribution in [3.63, 3.8) is 0 Å². The van der Waals surface area contributed by atoms with Crippen molar-refractivity contribution >= 4 is 0 Å². The van der Waals surface area contributed by atoms with E-state index in [4.69, 9.17) is 22.3 Å². The summed E-state index contributed by atoms with van der Waals surface area (Å²) in [6, 6.07) is 3.57. The highest BCUT2D eigenvalue weighted by Gasteiger charge is 2.11. The van der Waals surface area contributed by atoms with Gasteiger partial charge in [-0.25, -0.2) is 0 Å². The maximum atomic E-state index is 5.72. The van der Waals surface area contributed by atoms with Gasteiger partial charge in [-0.15, -0.1) is 12.8 Å². The molecule has 1 rings (SSSR count). The molecule has 0 saturated carbocycles. The molecule has 0 aliphatic carbocycles. The number of hydrogen-bond donors (Lipinski definition) is 0. The Bertz CT molecular complexity index is 478. The van der Waals surface area contributed by atoms with Crippen molar-refractivity contribution in [1.82, 2.24) is 0 Å². The van der Waals surface area contributed by atoms with Gasteiger partial charge in [-0.3, -0.25) is 0 Å². The molecule has 1 aromatic carbocycles. The number of hydrogen-bond acceptors (Lipinski definition) is 2. The summed E-state index contributed by atoms with van der Waals surface area (Å²) in [6.45, 7) is 9.53. The van der Waals surface area contributed by atoms with Crippen LogP contribution in [0.5, 0.6) is 11.5 Å². The molecule has 1 aromatic rings. The van der Waals surface area contributed by atoms with Crippen LogP contribution < -0.4 is 9.47 Å².